The van der Waals surface area contributed by atoms with Crippen LogP contribution in [0, 0.1) is 5.41 Å². The van der Waals surface area contributed by atoms with Crippen molar-refractivity contribution in [1.29, 1.82) is 5.41 Å². The molecule has 9 rings (SSSR count). The molecule has 131 heavy (non-hydrogen) atoms. The summed E-state index contributed by atoms with van der Waals surface area (Å²) in [5.74, 6) is -18.7. The number of amides is 17. The van der Waals surface area contributed by atoms with Crippen LogP contribution in [0.4, 0.5) is 0 Å². The number of hydrogen-bond donors (Lipinski definition) is 22. The van der Waals surface area contributed by atoms with Crippen molar-refractivity contribution in [2.45, 2.75) is 195 Å². The van der Waals surface area contributed by atoms with E-state index >= 15 is 24.0 Å². The molecule has 17 amide bonds. The molecule has 3 aliphatic rings. The van der Waals surface area contributed by atoms with Crippen molar-refractivity contribution < 1.29 is 102 Å². The lowest BCUT2D eigenvalue weighted by Crippen LogP contribution is -2.62. The molecule has 6 aromatic rings. The number of imidazole rings is 1. The number of likely N-dealkylation sites (N-methyl/N-ethyl adjacent to an activating group) is 3. The van der Waals surface area contributed by atoms with Crippen LogP contribution in [0.25, 0.3) is 21.8 Å². The highest BCUT2D eigenvalue weighted by Gasteiger charge is 2.46. The molecular formula is C85H116N24O21S. The number of guanidine groups is 1. The molecule has 0 saturated carbocycles. The number of carbonyl (C=O) groups is 17. The Bertz CT molecular complexity index is 5130. The summed E-state index contributed by atoms with van der Waals surface area (Å²) >= 11 is 0.742. The SMILES string of the molecule is CCCC[C@H]1C(=O)N(C)[C@@H](C)C(=O)N[C@@H](CCCNC(=N)N)C(=O)NC(C(=O)NCC(N)=O)CSCC(=O)N[C@@H](Cc2ccc(O)cc2)C(=O)N(C)[C@@H](C)C(=O)N[C@@H](CC(N)=O)C(=O)N2CCC[C@H]2C(=O)N[C@@H](Cc2cnc[nH]2)C(=O)N[C@H](CO)C(=O)N2C[C@H](O)C[C@H]2C(=O)N[C@@H](Cc2c[nH]c3ccccc23)C(=O)N[C@@H](CO)C(=O)N[C@@H](Cc2c[nH]c3ccccc23)C(=O)N1C. The first kappa shape index (κ1) is 101. The van der Waals surface area contributed by atoms with Gasteiger partial charge in [0.2, 0.25) is 100 Å². The van der Waals surface area contributed by atoms with Crippen LogP contribution in [-0.2, 0) is 107 Å². The maximum Gasteiger partial charge on any atom is 0.248 e. The molecule has 3 fully saturated rings. The fourth-order valence-corrected chi connectivity index (χ4v) is 16.5. The van der Waals surface area contributed by atoms with Gasteiger partial charge in [-0.3, -0.25) is 86.9 Å². The van der Waals surface area contributed by atoms with Gasteiger partial charge in [-0.2, -0.15) is 0 Å². The summed E-state index contributed by atoms with van der Waals surface area (Å²) in [7, 11) is 3.76. The molecule has 15 atom stereocenters. The number of nitrogens with one attached hydrogen (secondary N) is 15. The van der Waals surface area contributed by atoms with Gasteiger partial charge in [-0.1, -0.05) is 68.3 Å². The second-order valence-corrected chi connectivity index (χ2v) is 33.6. The number of unbranched alkanes of at least 4 members (excludes halogenated alkanes) is 1. The Hall–Kier alpha value is -13.8. The number of thioether (sulfide) groups is 1. The van der Waals surface area contributed by atoms with Crippen LogP contribution >= 0.6 is 11.8 Å². The van der Waals surface area contributed by atoms with Crippen LogP contribution < -0.4 is 75.7 Å². The normalized spacial score (nSPS) is 25.1. The van der Waals surface area contributed by atoms with Gasteiger partial charge < -0.3 is 136 Å². The van der Waals surface area contributed by atoms with Crippen LogP contribution in [0.1, 0.15) is 101 Å². The third kappa shape index (κ3) is 27.4. The number of carbonyl (C=O) groups excluding carboxylic acids is 17. The molecular weight excluding hydrogens is 1730 g/mol. The molecule has 3 saturated heterocycles. The summed E-state index contributed by atoms with van der Waals surface area (Å²) in [6.45, 7) is 0.624. The minimum atomic E-state index is -1.93. The fourth-order valence-electron chi connectivity index (χ4n) is 15.6. The number of phenols is 1. The monoisotopic (exact) mass is 1840 g/mol. The zero-order valence-electron chi connectivity index (χ0n) is 73.3. The number of aliphatic hydroxyl groups excluding tert-OH is 3. The standard InChI is InChI=1S/C85H116N24O21S/c1-7-8-20-66-84(130)106(5)45(3)71(117)97-56(19-13-26-91-85(88)89)74(120)104-64(73(119)94-37-69(87)115)41-131-42-70(116)96-59(28-46-22-24-50(112)25-23-46)80(126)105(4)44(2)72(118)100-61(33-68(86)114)82(128)108-27-14-21-65(108)78(124)99-58(31-49-36-90-43-95-49)76(122)103-63(40-111)83(129)109-38-51(113)32-67(109)79(125)98-57(29-47-34-92-54-17-11-9-15-52(47)54)75(121)102-62(39-110)77(123)101-60(81(127)107(66)6)30-48-35-93-55-18-12-10-16-53(48)55/h9-12,15-18,22-25,34-36,43-45,51,56-67,92-93,110-113H,7-8,13-14,19-21,26-33,37-42H2,1-6H3,(H2,86,114)(H2,87,115)(H,90,95)(H,94,119)(H,96,116)(H,97,117)(H,98,125)(H,99,124)(H,100,118)(H,101,123)(H,102,121)(H,103,122)(H,104,120)(H4,88,89,91)/t44-,45-,51+,56-,57-,58-,59-,60-,61-,62-,63+,64?,65-,66-,67-/m0/s1. The lowest BCUT2D eigenvalue weighted by atomic mass is 10.0. The number of hydrogen-bond acceptors (Lipinski definition) is 24. The summed E-state index contributed by atoms with van der Waals surface area (Å²) in [5.41, 5.74) is 19.4. The van der Waals surface area contributed by atoms with Gasteiger partial charge in [0.15, 0.2) is 5.96 Å². The van der Waals surface area contributed by atoms with E-state index in [0.29, 0.717) is 51.3 Å². The molecule has 46 heteroatoms. The zero-order valence-corrected chi connectivity index (χ0v) is 74.1. The lowest BCUT2D eigenvalue weighted by Gasteiger charge is -2.35. The van der Waals surface area contributed by atoms with E-state index in [9.17, 15) is 78.0 Å². The largest absolute Gasteiger partial charge is 0.508 e. The van der Waals surface area contributed by atoms with Gasteiger partial charge in [0, 0.05) is 125 Å². The topological polar surface area (TPSA) is 682 Å². The van der Waals surface area contributed by atoms with E-state index in [4.69, 9.17) is 22.6 Å². The van der Waals surface area contributed by atoms with Gasteiger partial charge in [-0.15, -0.1) is 11.8 Å². The molecule has 1 unspecified atom stereocenters. The van der Waals surface area contributed by atoms with E-state index < -0.39 is 248 Å². The molecule has 25 N–H and O–H groups in total. The molecule has 3 aliphatic heterocycles. The molecule has 0 spiro atoms. The molecule has 0 aliphatic carbocycles. The van der Waals surface area contributed by atoms with Crippen molar-refractivity contribution >= 4 is 140 Å². The number of aromatic nitrogens is 4. The third-order valence-electron chi connectivity index (χ3n) is 23.2. The number of phenolic OH excluding ortho intramolecular Hbond substituents is 1. The number of nitrogens with zero attached hydrogens (tertiary/aromatic N) is 6. The highest BCUT2D eigenvalue weighted by molar-refractivity contribution is 8.00. The Balaban J connectivity index is 1.07. The number of para-hydroxylation sites is 2. The van der Waals surface area contributed by atoms with Gasteiger partial charge in [-0.05, 0) is 86.9 Å². The summed E-state index contributed by atoms with van der Waals surface area (Å²) in [4.78, 5) is 265. The quantitative estimate of drug-likeness (QED) is 0.0171. The van der Waals surface area contributed by atoms with Crippen LogP contribution in [0.2, 0.25) is 0 Å². The van der Waals surface area contributed by atoms with Crippen molar-refractivity contribution in [1.82, 2.24) is 103 Å². The van der Waals surface area contributed by atoms with E-state index in [1.165, 1.54) is 71.8 Å². The van der Waals surface area contributed by atoms with Gasteiger partial charge in [0.1, 0.15) is 90.3 Å². The van der Waals surface area contributed by atoms with E-state index in [0.717, 1.165) is 36.3 Å². The van der Waals surface area contributed by atoms with Gasteiger partial charge >= 0.3 is 0 Å². The average Bonchev–Trinajstić information content (AvgIpc) is 1.78. The Kier molecular flexibility index (Phi) is 36.6. The van der Waals surface area contributed by atoms with E-state index in [1.54, 1.807) is 60.9 Å². The van der Waals surface area contributed by atoms with Crippen LogP contribution in [-0.4, -0.2) is 334 Å². The Labute approximate surface area is 756 Å². The number of fused-ring (bicyclic) bond motifs is 4. The Morgan fingerprint density at radius 2 is 1.07 bits per heavy atom. The van der Waals surface area contributed by atoms with Gasteiger partial charge in [0.25, 0.3) is 0 Å². The van der Waals surface area contributed by atoms with Crippen molar-refractivity contribution in [3.8, 4) is 5.75 Å². The Morgan fingerprint density at radius 1 is 0.542 bits per heavy atom. The Morgan fingerprint density at radius 3 is 1.66 bits per heavy atom. The highest BCUT2D eigenvalue weighted by Crippen LogP contribution is 2.27. The van der Waals surface area contributed by atoms with Crippen molar-refractivity contribution in [3.05, 3.63) is 120 Å². The highest BCUT2D eigenvalue weighted by atomic mass is 32.2. The van der Waals surface area contributed by atoms with Crippen molar-refractivity contribution in [3.63, 3.8) is 0 Å². The van der Waals surface area contributed by atoms with E-state index in [2.05, 4.69) is 78.4 Å². The van der Waals surface area contributed by atoms with E-state index in [1.807, 2.05) is 6.92 Å². The molecule has 0 bridgehead atoms. The minimum absolute atomic E-state index is 0.0219. The number of H-pyrrole nitrogens is 3. The maximum absolute atomic E-state index is 15.5. The average molecular weight is 1840 g/mol. The predicted octanol–water partition coefficient (Wildman–Crippen LogP) is -6.15. The van der Waals surface area contributed by atoms with Crippen molar-refractivity contribution in [2.24, 2.45) is 17.2 Å². The second kappa shape index (κ2) is 47.5. The molecule has 0 radical (unpaired) electrons. The summed E-state index contributed by atoms with van der Waals surface area (Å²) in [5, 5.41) is 80.6. The molecule has 708 valence electrons. The van der Waals surface area contributed by atoms with Gasteiger partial charge in [0.05, 0.1) is 44.4 Å². The maximum atomic E-state index is 15.5. The number of nitrogens with two attached hydrogens (primary N) is 3. The molecule has 3 aromatic carbocycles. The van der Waals surface area contributed by atoms with Crippen LogP contribution in [0.3, 0.4) is 0 Å². The van der Waals surface area contributed by atoms with Crippen LogP contribution in [0.5, 0.6) is 5.75 Å². The van der Waals surface area contributed by atoms with Crippen LogP contribution in [0.15, 0.2) is 97.7 Å². The lowest BCUT2D eigenvalue weighted by molar-refractivity contribution is -0.149. The number of aliphatic hydroxyl groups is 3. The first-order valence-corrected chi connectivity index (χ1v) is 43.9. The first-order valence-electron chi connectivity index (χ1n) is 42.8. The number of rotatable bonds is 22. The predicted molar refractivity (Wildman–Crippen MR) is 474 cm³/mol. The van der Waals surface area contributed by atoms with E-state index in [-0.39, 0.29) is 82.3 Å². The van der Waals surface area contributed by atoms with Crippen molar-refractivity contribution in [2.75, 3.05) is 72.0 Å². The van der Waals surface area contributed by atoms with Gasteiger partial charge in [-0.25, -0.2) is 4.98 Å². The number of aromatic amines is 3. The second-order valence-electron chi connectivity index (χ2n) is 32.5. The number of benzene rings is 3. The summed E-state index contributed by atoms with van der Waals surface area (Å²) in [6.07, 6.45) is 2.31. The minimum Gasteiger partial charge on any atom is -0.508 e. The summed E-state index contributed by atoms with van der Waals surface area (Å²) in [6, 6.07) is -3.45. The molecule has 3 aromatic heterocycles. The molecule has 45 nitrogen and oxygen atoms in total. The fraction of sp³-hybridized carbons (Fsp3) is 0.494. The first-order chi connectivity index (χ1) is 62.4. The zero-order chi connectivity index (χ0) is 95.6. The smallest absolute Gasteiger partial charge is 0.248 e. The number of aromatic hydroxyl groups is 1. The third-order valence-corrected chi connectivity index (χ3v) is 24.2. The molecule has 6 heterocycles. The summed E-state index contributed by atoms with van der Waals surface area (Å²) < 4.78 is 0. The number of primary amides is 2.